The van der Waals surface area contributed by atoms with Crippen LogP contribution in [0.5, 0.6) is 5.75 Å². The van der Waals surface area contributed by atoms with Gasteiger partial charge in [-0.15, -0.1) is 0 Å². The van der Waals surface area contributed by atoms with Crippen molar-refractivity contribution in [3.05, 3.63) is 59.7 Å². The molecule has 0 bridgehead atoms. The third kappa shape index (κ3) is 6.45. The van der Waals surface area contributed by atoms with Crippen LogP contribution >= 0.6 is 0 Å². The molecule has 32 heavy (non-hydrogen) atoms. The molecule has 2 aromatic carbocycles. The summed E-state index contributed by atoms with van der Waals surface area (Å²) in [6.07, 6.45) is -5.24. The molecule has 1 amide bonds. The van der Waals surface area contributed by atoms with E-state index in [0.717, 1.165) is 0 Å². The van der Waals surface area contributed by atoms with Crippen LogP contribution in [0.2, 0.25) is 0 Å². The zero-order valence-electron chi connectivity index (χ0n) is 17.2. The van der Waals surface area contributed by atoms with Crippen LogP contribution in [-0.2, 0) is 4.79 Å². The highest BCUT2D eigenvalue weighted by Gasteiger charge is 2.38. The number of aromatic carboxylic acids is 1. The highest BCUT2D eigenvalue weighted by atomic mass is 19.4. The summed E-state index contributed by atoms with van der Waals surface area (Å²) in [6, 6.07) is 13.5. The minimum absolute atomic E-state index is 0.0947. The van der Waals surface area contributed by atoms with Crippen molar-refractivity contribution < 1.29 is 42.5 Å². The molecule has 1 atom stereocenters. The SMILES string of the molecule is CN(C)CC1CN(C(=O)c2cccc(C(=O)O)c2)c2ccccc2O1.O=C(O)C(F)(F)F. The number of aliphatic carboxylic acids is 1. The second-order valence-electron chi connectivity index (χ2n) is 7.07. The first-order valence-electron chi connectivity index (χ1n) is 9.26. The van der Waals surface area contributed by atoms with Crippen LogP contribution in [0.15, 0.2) is 48.5 Å². The highest BCUT2D eigenvalue weighted by Crippen LogP contribution is 2.34. The van der Waals surface area contributed by atoms with E-state index in [4.69, 9.17) is 19.7 Å². The van der Waals surface area contributed by atoms with Gasteiger partial charge in [0.2, 0.25) is 0 Å². The molecule has 1 heterocycles. The Bertz CT molecular complexity index is 993. The van der Waals surface area contributed by atoms with Crippen LogP contribution < -0.4 is 9.64 Å². The van der Waals surface area contributed by atoms with Crippen molar-refractivity contribution >= 4 is 23.5 Å². The Hall–Kier alpha value is -3.60. The van der Waals surface area contributed by atoms with Crippen molar-refractivity contribution in [1.29, 1.82) is 0 Å². The summed E-state index contributed by atoms with van der Waals surface area (Å²) in [5, 5.41) is 16.3. The number of rotatable bonds is 4. The number of carboxylic acid groups (broad SMARTS) is 2. The molecule has 0 radical (unpaired) electrons. The third-order valence-electron chi connectivity index (χ3n) is 4.25. The van der Waals surface area contributed by atoms with Gasteiger partial charge in [-0.05, 0) is 44.4 Å². The maximum atomic E-state index is 13.0. The van der Waals surface area contributed by atoms with Crippen molar-refractivity contribution in [3.63, 3.8) is 0 Å². The summed E-state index contributed by atoms with van der Waals surface area (Å²) in [7, 11) is 3.90. The summed E-state index contributed by atoms with van der Waals surface area (Å²) >= 11 is 0. The van der Waals surface area contributed by atoms with Gasteiger partial charge in [0.25, 0.3) is 5.91 Å². The van der Waals surface area contributed by atoms with Gasteiger partial charge in [0.05, 0.1) is 17.8 Å². The van der Waals surface area contributed by atoms with Crippen LogP contribution in [0, 0.1) is 0 Å². The monoisotopic (exact) mass is 454 g/mol. The quantitative estimate of drug-likeness (QED) is 0.731. The number of hydrogen-bond acceptors (Lipinski definition) is 5. The Morgan fingerprint density at radius 2 is 1.66 bits per heavy atom. The topological polar surface area (TPSA) is 107 Å². The van der Waals surface area contributed by atoms with Gasteiger partial charge in [-0.2, -0.15) is 13.2 Å². The number of amides is 1. The number of ether oxygens (including phenoxy) is 1. The maximum absolute atomic E-state index is 13.0. The molecule has 3 rings (SSSR count). The van der Waals surface area contributed by atoms with Crippen molar-refractivity contribution in [3.8, 4) is 5.75 Å². The molecular weight excluding hydrogens is 433 g/mol. The molecule has 1 aliphatic rings. The Kier molecular flexibility index (Phi) is 7.82. The predicted octanol–water partition coefficient (Wildman–Crippen LogP) is 2.99. The van der Waals surface area contributed by atoms with E-state index < -0.39 is 18.1 Å². The van der Waals surface area contributed by atoms with E-state index in [9.17, 15) is 22.8 Å². The first kappa shape index (κ1) is 24.7. The van der Waals surface area contributed by atoms with Crippen molar-refractivity contribution in [2.24, 2.45) is 0 Å². The van der Waals surface area contributed by atoms with Gasteiger partial charge in [-0.25, -0.2) is 9.59 Å². The molecule has 0 aliphatic carbocycles. The van der Waals surface area contributed by atoms with Crippen LogP contribution in [0.4, 0.5) is 18.9 Å². The first-order chi connectivity index (χ1) is 14.9. The van der Waals surface area contributed by atoms with Gasteiger partial charge in [-0.3, -0.25) is 4.79 Å². The van der Waals surface area contributed by atoms with Crippen molar-refractivity contribution in [2.45, 2.75) is 12.3 Å². The number of hydrogen-bond donors (Lipinski definition) is 2. The average molecular weight is 454 g/mol. The molecule has 11 heteroatoms. The number of carbonyl (C=O) groups excluding carboxylic acids is 1. The molecule has 8 nitrogen and oxygen atoms in total. The summed E-state index contributed by atoms with van der Waals surface area (Å²) in [4.78, 5) is 36.8. The second-order valence-corrected chi connectivity index (χ2v) is 7.07. The van der Waals surface area contributed by atoms with Gasteiger partial charge < -0.3 is 24.7 Å². The van der Waals surface area contributed by atoms with E-state index in [1.165, 1.54) is 12.1 Å². The number of fused-ring (bicyclic) bond motifs is 1. The third-order valence-corrected chi connectivity index (χ3v) is 4.25. The number of carbonyl (C=O) groups is 3. The first-order valence-corrected chi connectivity index (χ1v) is 9.26. The Morgan fingerprint density at radius 3 is 2.22 bits per heavy atom. The maximum Gasteiger partial charge on any atom is 0.490 e. The highest BCUT2D eigenvalue weighted by molar-refractivity contribution is 6.08. The lowest BCUT2D eigenvalue weighted by Crippen LogP contribution is -2.47. The van der Waals surface area contributed by atoms with Crippen LogP contribution in [-0.4, -0.2) is 72.4 Å². The fraction of sp³-hybridized carbons (Fsp3) is 0.286. The predicted molar refractivity (Wildman–Crippen MR) is 108 cm³/mol. The zero-order valence-corrected chi connectivity index (χ0v) is 17.2. The Balaban J connectivity index is 0.000000451. The lowest BCUT2D eigenvalue weighted by molar-refractivity contribution is -0.192. The summed E-state index contributed by atoms with van der Waals surface area (Å²) in [5.74, 6) is -3.39. The van der Waals surface area contributed by atoms with Gasteiger partial charge >= 0.3 is 18.1 Å². The molecule has 0 saturated heterocycles. The summed E-state index contributed by atoms with van der Waals surface area (Å²) in [6.45, 7) is 1.08. The number of nitrogens with zero attached hydrogens (tertiary/aromatic N) is 2. The van der Waals surface area contributed by atoms with Gasteiger partial charge in [0.1, 0.15) is 11.9 Å². The van der Waals surface area contributed by atoms with E-state index in [1.807, 2.05) is 43.3 Å². The minimum atomic E-state index is -5.08. The summed E-state index contributed by atoms with van der Waals surface area (Å²) in [5.41, 5.74) is 1.14. The molecule has 2 aromatic rings. The summed E-state index contributed by atoms with van der Waals surface area (Å²) < 4.78 is 37.7. The van der Waals surface area contributed by atoms with E-state index in [1.54, 1.807) is 17.0 Å². The lowest BCUT2D eigenvalue weighted by Gasteiger charge is -2.36. The number of carboxylic acids is 2. The molecule has 0 aromatic heterocycles. The van der Waals surface area contributed by atoms with E-state index in [-0.39, 0.29) is 17.6 Å². The van der Waals surface area contributed by atoms with Crippen LogP contribution in [0.3, 0.4) is 0 Å². The van der Waals surface area contributed by atoms with E-state index >= 15 is 0 Å². The molecule has 1 unspecified atom stereocenters. The van der Waals surface area contributed by atoms with Crippen LogP contribution in [0.1, 0.15) is 20.7 Å². The zero-order chi connectivity index (χ0) is 24.1. The van der Waals surface area contributed by atoms with E-state index in [2.05, 4.69) is 0 Å². The number of benzene rings is 2. The molecule has 0 spiro atoms. The number of alkyl halides is 3. The number of anilines is 1. The van der Waals surface area contributed by atoms with E-state index in [0.29, 0.717) is 30.1 Å². The average Bonchev–Trinajstić information content (AvgIpc) is 2.72. The molecule has 0 saturated carbocycles. The minimum Gasteiger partial charge on any atom is -0.485 e. The second kappa shape index (κ2) is 10.1. The van der Waals surface area contributed by atoms with Gasteiger partial charge in [0, 0.05) is 12.1 Å². The molecular formula is C21H21F3N2O6. The van der Waals surface area contributed by atoms with Crippen molar-refractivity contribution in [1.82, 2.24) is 4.90 Å². The molecule has 0 fully saturated rings. The molecule has 1 aliphatic heterocycles. The lowest BCUT2D eigenvalue weighted by atomic mass is 10.1. The van der Waals surface area contributed by atoms with Gasteiger partial charge in [-0.1, -0.05) is 18.2 Å². The largest absolute Gasteiger partial charge is 0.490 e. The Labute approximate surface area is 181 Å². The Morgan fingerprint density at radius 1 is 1.06 bits per heavy atom. The fourth-order valence-corrected chi connectivity index (χ4v) is 2.93. The number of likely N-dealkylation sites (N-methyl/N-ethyl adjacent to an activating group) is 1. The normalized spacial score (nSPS) is 15.2. The fourth-order valence-electron chi connectivity index (χ4n) is 2.93. The molecule has 2 N–H and O–H groups in total. The number of para-hydroxylation sites is 2. The smallest absolute Gasteiger partial charge is 0.485 e. The van der Waals surface area contributed by atoms with Crippen LogP contribution in [0.25, 0.3) is 0 Å². The van der Waals surface area contributed by atoms with Crippen molar-refractivity contribution in [2.75, 3.05) is 32.1 Å². The van der Waals surface area contributed by atoms with Gasteiger partial charge in [0.15, 0.2) is 0 Å². The standard InChI is InChI=1S/C19H20N2O4.C2HF3O2/c1-20(2)11-15-12-21(16-8-3-4-9-17(16)25-15)18(22)13-6-5-7-14(10-13)19(23)24;3-2(4,5)1(6)7/h3-10,15H,11-12H2,1-2H3,(H,23,24);(H,6,7). The number of halogens is 3. The molecule has 172 valence electrons.